The molecular weight excluding hydrogens is 280 g/mol. The second kappa shape index (κ2) is 7.17. The van der Waals surface area contributed by atoms with Crippen molar-refractivity contribution in [3.05, 3.63) is 38.4 Å². The molecule has 0 aliphatic heterocycles. The number of benzene rings is 1. The number of non-ortho nitro benzene ring substituents is 1. The smallest absolute Gasteiger partial charge is 0.299 e. The molecule has 1 atom stereocenters. The Morgan fingerprint density at radius 1 is 1.29 bits per heavy atom. The Hall–Kier alpha value is -2.71. The average Bonchev–Trinajstić information content (AvgIpc) is 2.44. The number of hydrogen-bond acceptors (Lipinski definition) is 6. The van der Waals surface area contributed by atoms with Gasteiger partial charge >= 0.3 is 0 Å². The predicted molar refractivity (Wildman–Crippen MR) is 76.1 cm³/mol. The number of anilines is 1. The van der Waals surface area contributed by atoms with Crippen molar-refractivity contribution in [3.63, 3.8) is 0 Å². The van der Waals surface area contributed by atoms with E-state index in [4.69, 9.17) is 0 Å². The molecule has 1 rings (SSSR count). The zero-order valence-electron chi connectivity index (χ0n) is 11.7. The van der Waals surface area contributed by atoms with Crippen LogP contribution in [0.1, 0.15) is 20.3 Å². The first-order valence-electron chi connectivity index (χ1n) is 6.34. The topological polar surface area (TPSA) is 127 Å². The van der Waals surface area contributed by atoms with Crippen molar-refractivity contribution in [1.29, 1.82) is 0 Å². The van der Waals surface area contributed by atoms with E-state index < -0.39 is 21.6 Å². The number of nitro benzene ring substituents is 2. The fourth-order valence-corrected chi connectivity index (χ4v) is 1.61. The average molecular weight is 296 g/mol. The standard InChI is InChI=1S/C12H16N4O5/c1-3-6-13-12(17)8(2)14-10-5-4-9(15(18)19)7-11(10)16(20)21/h4-5,7-8,14H,3,6H2,1-2H3,(H,13,17). The third-order valence-corrected chi connectivity index (χ3v) is 2.70. The van der Waals surface area contributed by atoms with Crippen molar-refractivity contribution in [3.8, 4) is 0 Å². The molecule has 9 heteroatoms. The van der Waals surface area contributed by atoms with Crippen molar-refractivity contribution < 1.29 is 14.6 Å². The van der Waals surface area contributed by atoms with Gasteiger partial charge in [-0.25, -0.2) is 0 Å². The lowest BCUT2D eigenvalue weighted by molar-refractivity contribution is -0.393. The van der Waals surface area contributed by atoms with E-state index in [1.807, 2.05) is 6.92 Å². The molecule has 1 aromatic carbocycles. The zero-order valence-corrected chi connectivity index (χ0v) is 11.7. The van der Waals surface area contributed by atoms with E-state index in [0.29, 0.717) is 6.54 Å². The van der Waals surface area contributed by atoms with Crippen molar-refractivity contribution in [2.75, 3.05) is 11.9 Å². The summed E-state index contributed by atoms with van der Waals surface area (Å²) in [6.45, 7) is 3.96. The molecule has 1 amide bonds. The molecule has 2 N–H and O–H groups in total. The van der Waals surface area contributed by atoms with Crippen molar-refractivity contribution in [2.45, 2.75) is 26.3 Å². The van der Waals surface area contributed by atoms with E-state index in [1.165, 1.54) is 6.07 Å². The second-order valence-corrected chi connectivity index (χ2v) is 4.37. The molecule has 0 aromatic heterocycles. The van der Waals surface area contributed by atoms with Crippen LogP contribution in [0.25, 0.3) is 0 Å². The summed E-state index contributed by atoms with van der Waals surface area (Å²) in [5, 5.41) is 26.9. The molecule has 21 heavy (non-hydrogen) atoms. The number of nitro groups is 2. The van der Waals surface area contributed by atoms with Crippen LogP contribution >= 0.6 is 0 Å². The Balaban J connectivity index is 2.94. The quantitative estimate of drug-likeness (QED) is 0.583. The summed E-state index contributed by atoms with van der Waals surface area (Å²) in [7, 11) is 0. The van der Waals surface area contributed by atoms with Crippen LogP contribution in [0.3, 0.4) is 0 Å². The Morgan fingerprint density at radius 2 is 1.95 bits per heavy atom. The van der Waals surface area contributed by atoms with Crippen LogP contribution < -0.4 is 10.6 Å². The van der Waals surface area contributed by atoms with Gasteiger partial charge in [0.05, 0.1) is 15.9 Å². The van der Waals surface area contributed by atoms with Crippen LogP contribution in [-0.4, -0.2) is 28.3 Å². The number of hydrogen-bond donors (Lipinski definition) is 2. The van der Waals surface area contributed by atoms with Gasteiger partial charge in [0, 0.05) is 12.6 Å². The first-order valence-corrected chi connectivity index (χ1v) is 6.34. The molecule has 0 spiro atoms. The molecule has 0 bridgehead atoms. The summed E-state index contributed by atoms with van der Waals surface area (Å²) in [6.07, 6.45) is 0.774. The molecule has 1 unspecified atom stereocenters. The molecule has 0 radical (unpaired) electrons. The minimum atomic E-state index is -0.730. The van der Waals surface area contributed by atoms with Crippen LogP contribution in [-0.2, 0) is 4.79 Å². The van der Waals surface area contributed by atoms with Gasteiger partial charge in [-0.05, 0) is 19.4 Å². The molecule has 0 saturated heterocycles. The number of amides is 1. The summed E-state index contributed by atoms with van der Waals surface area (Å²) < 4.78 is 0. The summed E-state index contributed by atoms with van der Waals surface area (Å²) in [5.74, 6) is -0.301. The van der Waals surface area contributed by atoms with Crippen LogP contribution in [0, 0.1) is 20.2 Å². The molecule has 1 aromatic rings. The van der Waals surface area contributed by atoms with Gasteiger partial charge in [-0.2, -0.15) is 0 Å². The first-order chi connectivity index (χ1) is 9.86. The van der Waals surface area contributed by atoms with Gasteiger partial charge in [0.25, 0.3) is 11.4 Å². The molecule has 0 heterocycles. The van der Waals surface area contributed by atoms with E-state index in [9.17, 15) is 25.0 Å². The van der Waals surface area contributed by atoms with E-state index >= 15 is 0 Å². The van der Waals surface area contributed by atoms with E-state index in [1.54, 1.807) is 6.92 Å². The number of nitrogens with one attached hydrogen (secondary N) is 2. The number of rotatable bonds is 7. The van der Waals surface area contributed by atoms with Gasteiger partial charge < -0.3 is 10.6 Å². The maximum Gasteiger partial charge on any atom is 0.299 e. The second-order valence-electron chi connectivity index (χ2n) is 4.37. The zero-order chi connectivity index (χ0) is 16.0. The Labute approximate surface area is 120 Å². The highest BCUT2D eigenvalue weighted by Crippen LogP contribution is 2.29. The maximum absolute atomic E-state index is 11.7. The minimum Gasteiger partial charge on any atom is -0.368 e. The van der Waals surface area contributed by atoms with E-state index in [-0.39, 0.29) is 17.3 Å². The number of carbonyl (C=O) groups excluding carboxylic acids is 1. The van der Waals surface area contributed by atoms with Gasteiger partial charge in [-0.15, -0.1) is 0 Å². The number of nitrogens with zero attached hydrogens (tertiary/aromatic N) is 2. The van der Waals surface area contributed by atoms with Gasteiger partial charge in [-0.1, -0.05) is 6.92 Å². The SMILES string of the molecule is CCCNC(=O)C(C)Nc1ccc([N+](=O)[O-])cc1[N+](=O)[O-]. The first kappa shape index (κ1) is 16.3. The molecule has 9 nitrogen and oxygen atoms in total. The highest BCUT2D eigenvalue weighted by molar-refractivity contribution is 5.85. The number of carbonyl (C=O) groups is 1. The monoisotopic (exact) mass is 296 g/mol. The molecule has 0 fully saturated rings. The van der Waals surface area contributed by atoms with Crippen LogP contribution in [0.4, 0.5) is 17.1 Å². The Morgan fingerprint density at radius 3 is 2.48 bits per heavy atom. The summed E-state index contributed by atoms with van der Waals surface area (Å²) in [4.78, 5) is 31.9. The maximum atomic E-state index is 11.7. The van der Waals surface area contributed by atoms with Crippen LogP contribution in [0.5, 0.6) is 0 Å². The largest absolute Gasteiger partial charge is 0.368 e. The van der Waals surface area contributed by atoms with Crippen LogP contribution in [0.15, 0.2) is 18.2 Å². The van der Waals surface area contributed by atoms with Crippen LogP contribution in [0.2, 0.25) is 0 Å². The Kier molecular flexibility index (Phi) is 5.58. The lowest BCUT2D eigenvalue weighted by atomic mass is 10.2. The molecular formula is C12H16N4O5. The third kappa shape index (κ3) is 4.41. The van der Waals surface area contributed by atoms with Gasteiger partial charge in [0.1, 0.15) is 11.7 Å². The van der Waals surface area contributed by atoms with Gasteiger partial charge in [0.15, 0.2) is 0 Å². The lowest BCUT2D eigenvalue weighted by Gasteiger charge is -2.14. The highest BCUT2D eigenvalue weighted by atomic mass is 16.6. The summed E-state index contributed by atoms with van der Waals surface area (Å²) in [5.41, 5.74) is -0.764. The molecule has 114 valence electrons. The minimum absolute atomic E-state index is 0.0600. The molecule has 0 aliphatic rings. The van der Waals surface area contributed by atoms with Gasteiger partial charge in [0.2, 0.25) is 5.91 Å². The van der Waals surface area contributed by atoms with Gasteiger partial charge in [-0.3, -0.25) is 25.0 Å². The van der Waals surface area contributed by atoms with Crippen molar-refractivity contribution in [1.82, 2.24) is 5.32 Å². The lowest BCUT2D eigenvalue weighted by Crippen LogP contribution is -2.38. The fourth-order valence-electron chi connectivity index (χ4n) is 1.61. The summed E-state index contributed by atoms with van der Waals surface area (Å²) in [6, 6.07) is 2.53. The van der Waals surface area contributed by atoms with E-state index in [2.05, 4.69) is 10.6 Å². The highest BCUT2D eigenvalue weighted by Gasteiger charge is 2.22. The normalized spacial score (nSPS) is 11.5. The predicted octanol–water partition coefficient (Wildman–Crippen LogP) is 1.83. The third-order valence-electron chi connectivity index (χ3n) is 2.70. The van der Waals surface area contributed by atoms with E-state index in [0.717, 1.165) is 18.6 Å². The molecule has 0 aliphatic carbocycles. The summed E-state index contributed by atoms with van der Waals surface area (Å²) >= 11 is 0. The fraction of sp³-hybridized carbons (Fsp3) is 0.417. The molecule has 0 saturated carbocycles. The van der Waals surface area contributed by atoms with Crippen molar-refractivity contribution >= 4 is 23.0 Å². The Bertz CT molecular complexity index is 561. The van der Waals surface area contributed by atoms with Crippen molar-refractivity contribution in [2.24, 2.45) is 0 Å².